The number of fused-ring (bicyclic) bond motifs is 1. The molecule has 3 aromatic heterocycles. The van der Waals surface area contributed by atoms with Crippen LogP contribution in [0.25, 0.3) is 17.0 Å². The summed E-state index contributed by atoms with van der Waals surface area (Å²) in [4.78, 5) is 11.2. The number of β-amino-alcohol motifs (C(OH)–C–C–N with tert-alkyl or cyclic N) is 1. The Kier molecular flexibility index (Phi) is 6.02. The number of hydrogen-bond donors (Lipinski definition) is 2. The quantitative estimate of drug-likeness (QED) is 0.447. The predicted octanol–water partition coefficient (Wildman–Crippen LogP) is 4.07. The minimum Gasteiger partial charge on any atom is -0.496 e. The molecule has 1 fully saturated rings. The lowest BCUT2D eigenvalue weighted by atomic mass is 10.1. The van der Waals surface area contributed by atoms with Crippen molar-refractivity contribution in [3.8, 4) is 17.1 Å². The molecular formula is C25H27FN6O2. The van der Waals surface area contributed by atoms with Gasteiger partial charge in [0, 0.05) is 30.5 Å². The van der Waals surface area contributed by atoms with Gasteiger partial charge in [-0.25, -0.2) is 13.9 Å². The van der Waals surface area contributed by atoms with Gasteiger partial charge < -0.3 is 20.1 Å². The van der Waals surface area contributed by atoms with Crippen molar-refractivity contribution in [2.24, 2.45) is 0 Å². The first-order valence-corrected chi connectivity index (χ1v) is 11.4. The average molecular weight is 463 g/mol. The zero-order valence-electron chi connectivity index (χ0n) is 19.1. The van der Waals surface area contributed by atoms with E-state index in [1.54, 1.807) is 30.1 Å². The third-order valence-electron chi connectivity index (χ3n) is 6.15. The van der Waals surface area contributed by atoms with Crippen LogP contribution in [0.15, 0.2) is 54.9 Å². The number of aliphatic hydroxyl groups is 1. The fraction of sp³-hybridized carbons (Fsp3) is 0.320. The number of nitrogens with zero attached hydrogens (tertiary/aromatic N) is 5. The molecule has 1 saturated heterocycles. The van der Waals surface area contributed by atoms with Crippen LogP contribution in [0.1, 0.15) is 31.4 Å². The van der Waals surface area contributed by atoms with Crippen LogP contribution in [-0.4, -0.2) is 51.0 Å². The number of methoxy groups -OCH3 is 1. The van der Waals surface area contributed by atoms with Crippen LogP contribution in [0, 0.1) is 5.82 Å². The van der Waals surface area contributed by atoms with Gasteiger partial charge in [0.25, 0.3) is 0 Å². The van der Waals surface area contributed by atoms with E-state index in [-0.39, 0.29) is 18.0 Å². The smallest absolute Gasteiger partial charge is 0.154 e. The second kappa shape index (κ2) is 9.26. The van der Waals surface area contributed by atoms with Gasteiger partial charge in [0.15, 0.2) is 5.65 Å². The number of hydrogen-bond acceptors (Lipinski definition) is 7. The number of aromatic nitrogens is 4. The van der Waals surface area contributed by atoms with E-state index in [1.165, 1.54) is 12.1 Å². The van der Waals surface area contributed by atoms with Crippen LogP contribution < -0.4 is 15.0 Å². The lowest BCUT2D eigenvalue weighted by Crippen LogP contribution is -2.38. The van der Waals surface area contributed by atoms with E-state index >= 15 is 0 Å². The van der Waals surface area contributed by atoms with Crippen LogP contribution >= 0.6 is 0 Å². The summed E-state index contributed by atoms with van der Waals surface area (Å²) in [5.74, 6) is 0.896. The number of piperidine rings is 1. The highest BCUT2D eigenvalue weighted by molar-refractivity contribution is 5.65. The van der Waals surface area contributed by atoms with E-state index in [1.807, 2.05) is 31.2 Å². The number of ether oxygens (including phenoxy) is 1. The summed E-state index contributed by atoms with van der Waals surface area (Å²) in [5.41, 5.74) is 3.91. The van der Waals surface area contributed by atoms with Gasteiger partial charge in [0.2, 0.25) is 0 Å². The van der Waals surface area contributed by atoms with Gasteiger partial charge in [-0.15, -0.1) is 5.10 Å². The topological polar surface area (TPSA) is 87.8 Å². The fourth-order valence-corrected chi connectivity index (χ4v) is 4.41. The molecule has 176 valence electrons. The highest BCUT2D eigenvalue weighted by atomic mass is 19.1. The van der Waals surface area contributed by atoms with Crippen LogP contribution in [-0.2, 0) is 0 Å². The molecule has 4 aromatic rings. The van der Waals surface area contributed by atoms with Crippen molar-refractivity contribution in [2.45, 2.75) is 31.9 Å². The molecule has 1 aliphatic heterocycles. The molecule has 0 unspecified atom stereocenters. The van der Waals surface area contributed by atoms with E-state index in [0.29, 0.717) is 29.3 Å². The number of imidazole rings is 1. The van der Waals surface area contributed by atoms with Crippen molar-refractivity contribution >= 4 is 17.2 Å². The molecule has 0 saturated carbocycles. The van der Waals surface area contributed by atoms with Crippen molar-refractivity contribution < 1.29 is 14.2 Å². The largest absolute Gasteiger partial charge is 0.496 e. The molecule has 9 heteroatoms. The molecule has 0 radical (unpaired) electrons. The predicted molar refractivity (Wildman–Crippen MR) is 129 cm³/mol. The minimum atomic E-state index is -0.322. The van der Waals surface area contributed by atoms with Gasteiger partial charge in [-0.2, -0.15) is 0 Å². The first-order chi connectivity index (χ1) is 16.5. The lowest BCUT2D eigenvalue weighted by Gasteiger charge is -2.32. The normalized spacial score (nSPS) is 17.1. The first kappa shape index (κ1) is 22.1. The minimum absolute atomic E-state index is 0.241. The molecule has 4 heterocycles. The molecule has 2 atom stereocenters. The SMILES string of the molecule is COc1ccc(F)cc1[C@@H](C)Nc1ccc2ncc(-c3cc(N4CCC[C@H](O)C4)ccn3)n2n1. The molecule has 34 heavy (non-hydrogen) atoms. The van der Waals surface area contributed by atoms with E-state index in [9.17, 15) is 9.50 Å². The number of rotatable bonds is 6. The number of nitrogens with one attached hydrogen (secondary N) is 1. The summed E-state index contributed by atoms with van der Waals surface area (Å²) < 4.78 is 21.0. The number of halogens is 1. The van der Waals surface area contributed by atoms with E-state index in [2.05, 4.69) is 20.2 Å². The maximum atomic E-state index is 13.8. The number of pyridine rings is 1. The van der Waals surface area contributed by atoms with Crippen LogP contribution in [0.2, 0.25) is 0 Å². The summed E-state index contributed by atoms with van der Waals surface area (Å²) in [7, 11) is 1.57. The Balaban J connectivity index is 1.44. The average Bonchev–Trinajstić information content (AvgIpc) is 3.27. The van der Waals surface area contributed by atoms with E-state index in [0.717, 1.165) is 36.5 Å². The molecule has 0 bridgehead atoms. The maximum Gasteiger partial charge on any atom is 0.154 e. The van der Waals surface area contributed by atoms with E-state index in [4.69, 9.17) is 9.84 Å². The third-order valence-corrected chi connectivity index (χ3v) is 6.15. The Bertz CT molecular complexity index is 1310. The molecule has 0 amide bonds. The standard InChI is InChI=1S/C25H27FN6O2/c1-16(20-12-17(26)5-6-23(20)34-2)29-24-7-8-25-28-14-22(32(25)30-24)21-13-18(9-10-27-21)31-11-3-4-19(33)15-31/h5-10,12-14,16,19,33H,3-4,11,15H2,1-2H3,(H,29,30)/t16-,19+/m1/s1. The highest BCUT2D eigenvalue weighted by Gasteiger charge is 2.19. The zero-order chi connectivity index (χ0) is 23.7. The molecule has 8 nitrogen and oxygen atoms in total. The molecule has 2 N–H and O–H groups in total. The van der Waals surface area contributed by atoms with Gasteiger partial charge >= 0.3 is 0 Å². The van der Waals surface area contributed by atoms with Gasteiger partial charge in [-0.1, -0.05) is 0 Å². The third kappa shape index (κ3) is 4.38. The summed E-state index contributed by atoms with van der Waals surface area (Å²) >= 11 is 0. The summed E-state index contributed by atoms with van der Waals surface area (Å²) in [5, 5.41) is 18.1. The van der Waals surface area contributed by atoms with Crippen molar-refractivity contribution in [3.63, 3.8) is 0 Å². The Labute approximate surface area is 197 Å². The maximum absolute atomic E-state index is 13.8. The van der Waals surface area contributed by atoms with Gasteiger partial charge in [0.1, 0.15) is 23.1 Å². The molecule has 5 rings (SSSR count). The van der Waals surface area contributed by atoms with Crippen molar-refractivity contribution in [3.05, 3.63) is 66.2 Å². The zero-order valence-corrected chi connectivity index (χ0v) is 19.1. The molecule has 0 spiro atoms. The fourth-order valence-electron chi connectivity index (χ4n) is 4.41. The van der Waals surface area contributed by atoms with Gasteiger partial charge in [-0.3, -0.25) is 4.98 Å². The first-order valence-electron chi connectivity index (χ1n) is 11.4. The van der Waals surface area contributed by atoms with Crippen LogP contribution in [0.5, 0.6) is 5.75 Å². The molecular weight excluding hydrogens is 435 g/mol. The second-order valence-corrected chi connectivity index (χ2v) is 8.53. The van der Waals surface area contributed by atoms with Crippen LogP contribution in [0.3, 0.4) is 0 Å². The molecule has 0 aliphatic carbocycles. The number of anilines is 2. The number of benzene rings is 1. The van der Waals surface area contributed by atoms with E-state index < -0.39 is 0 Å². The lowest BCUT2D eigenvalue weighted by molar-refractivity contribution is 0.154. The van der Waals surface area contributed by atoms with Gasteiger partial charge in [-0.05, 0) is 62.2 Å². The summed E-state index contributed by atoms with van der Waals surface area (Å²) in [6.45, 7) is 3.45. The molecule has 1 aromatic carbocycles. The Morgan fingerprint density at radius 3 is 2.88 bits per heavy atom. The van der Waals surface area contributed by atoms with Crippen molar-refractivity contribution in [2.75, 3.05) is 30.4 Å². The monoisotopic (exact) mass is 462 g/mol. The Morgan fingerprint density at radius 2 is 2.06 bits per heavy atom. The Hall–Kier alpha value is -3.72. The Morgan fingerprint density at radius 1 is 1.18 bits per heavy atom. The number of aliphatic hydroxyl groups excluding tert-OH is 1. The summed E-state index contributed by atoms with van der Waals surface area (Å²) in [6, 6.07) is 11.9. The van der Waals surface area contributed by atoms with Gasteiger partial charge in [0.05, 0.1) is 31.1 Å². The molecule has 1 aliphatic rings. The second-order valence-electron chi connectivity index (χ2n) is 8.53. The van der Waals surface area contributed by atoms with Crippen LogP contribution in [0.4, 0.5) is 15.9 Å². The highest BCUT2D eigenvalue weighted by Crippen LogP contribution is 2.29. The van der Waals surface area contributed by atoms with Crippen molar-refractivity contribution in [1.29, 1.82) is 0 Å². The van der Waals surface area contributed by atoms with Crippen molar-refractivity contribution in [1.82, 2.24) is 19.6 Å². The summed E-state index contributed by atoms with van der Waals surface area (Å²) in [6.07, 6.45) is 5.00.